The van der Waals surface area contributed by atoms with Crippen molar-refractivity contribution in [3.8, 4) is 0 Å². The predicted molar refractivity (Wildman–Crippen MR) is 116 cm³/mol. The summed E-state index contributed by atoms with van der Waals surface area (Å²) in [6, 6.07) is 11.2. The van der Waals surface area contributed by atoms with E-state index in [9.17, 15) is 9.59 Å². The molecule has 1 aromatic carbocycles. The van der Waals surface area contributed by atoms with E-state index in [4.69, 9.17) is 4.42 Å². The lowest BCUT2D eigenvalue weighted by atomic mass is 10.2. The van der Waals surface area contributed by atoms with Crippen molar-refractivity contribution in [2.45, 2.75) is 38.5 Å². The van der Waals surface area contributed by atoms with Crippen molar-refractivity contribution in [3.63, 3.8) is 0 Å². The first-order valence-corrected chi connectivity index (χ1v) is 10.8. The molecule has 1 amide bonds. The van der Waals surface area contributed by atoms with Crippen molar-refractivity contribution in [1.82, 2.24) is 24.1 Å². The number of benzene rings is 1. The van der Waals surface area contributed by atoms with Gasteiger partial charge in [-0.1, -0.05) is 30.8 Å². The minimum atomic E-state index is -0.0755. The van der Waals surface area contributed by atoms with Crippen LogP contribution < -0.4 is 5.56 Å². The Kier molecular flexibility index (Phi) is 5.63. The number of fused-ring (bicyclic) bond motifs is 3. The summed E-state index contributed by atoms with van der Waals surface area (Å²) in [5.74, 6) is 2.22. The van der Waals surface area contributed by atoms with E-state index in [1.807, 2.05) is 54.6 Å². The van der Waals surface area contributed by atoms with Gasteiger partial charge in [-0.05, 0) is 37.6 Å². The van der Waals surface area contributed by atoms with Gasteiger partial charge < -0.3 is 9.32 Å². The highest BCUT2D eigenvalue weighted by atomic mass is 32.2. The molecule has 0 aliphatic heterocycles. The molecule has 0 spiro atoms. The van der Waals surface area contributed by atoms with Gasteiger partial charge in [0.05, 0.1) is 23.2 Å². The van der Waals surface area contributed by atoms with Crippen molar-refractivity contribution >= 4 is 34.3 Å². The summed E-state index contributed by atoms with van der Waals surface area (Å²) in [5, 5.41) is 9.72. The molecule has 0 aliphatic carbocycles. The Hall–Kier alpha value is -3.07. The number of nitrogens with zero attached hydrogens (tertiary/aromatic N) is 5. The molecule has 8 nitrogen and oxygen atoms in total. The summed E-state index contributed by atoms with van der Waals surface area (Å²) < 4.78 is 9.06. The smallest absolute Gasteiger partial charge is 0.262 e. The summed E-state index contributed by atoms with van der Waals surface area (Å²) >= 11 is 1.31. The van der Waals surface area contributed by atoms with Gasteiger partial charge in [-0.25, -0.2) is 0 Å². The second-order valence-electron chi connectivity index (χ2n) is 7.14. The van der Waals surface area contributed by atoms with Gasteiger partial charge in [-0.2, -0.15) is 0 Å². The van der Waals surface area contributed by atoms with Crippen LogP contribution in [0.4, 0.5) is 0 Å². The van der Waals surface area contributed by atoms with Gasteiger partial charge in [-0.15, -0.1) is 10.2 Å². The summed E-state index contributed by atoms with van der Waals surface area (Å²) in [5.41, 5.74) is 0.665. The van der Waals surface area contributed by atoms with E-state index in [1.54, 1.807) is 16.5 Å². The molecule has 3 aromatic heterocycles. The van der Waals surface area contributed by atoms with Crippen LogP contribution in [0.3, 0.4) is 0 Å². The van der Waals surface area contributed by atoms with Crippen LogP contribution in [-0.2, 0) is 17.9 Å². The Morgan fingerprint density at radius 2 is 2.00 bits per heavy atom. The number of amides is 1. The van der Waals surface area contributed by atoms with Crippen molar-refractivity contribution < 1.29 is 9.21 Å². The van der Waals surface area contributed by atoms with Crippen LogP contribution in [0.2, 0.25) is 0 Å². The highest BCUT2D eigenvalue weighted by Gasteiger charge is 2.18. The number of carbonyl (C=O) groups is 1. The highest BCUT2D eigenvalue weighted by molar-refractivity contribution is 7.99. The van der Waals surface area contributed by atoms with Crippen molar-refractivity contribution in [2.24, 2.45) is 0 Å². The molecule has 0 N–H and O–H groups in total. The molecular formula is C21H23N5O3S. The Bertz CT molecular complexity index is 1270. The fourth-order valence-electron chi connectivity index (χ4n) is 3.38. The Balaban J connectivity index is 1.62. The van der Waals surface area contributed by atoms with Crippen LogP contribution in [0.1, 0.15) is 24.9 Å². The van der Waals surface area contributed by atoms with E-state index in [0.717, 1.165) is 23.5 Å². The van der Waals surface area contributed by atoms with E-state index < -0.39 is 0 Å². The second-order valence-corrected chi connectivity index (χ2v) is 8.09. The van der Waals surface area contributed by atoms with Gasteiger partial charge in [0.2, 0.25) is 11.7 Å². The average Bonchev–Trinajstić information content (AvgIpc) is 3.35. The maximum absolute atomic E-state index is 12.9. The minimum Gasteiger partial charge on any atom is -0.464 e. The molecule has 4 aromatic rings. The van der Waals surface area contributed by atoms with Gasteiger partial charge in [0, 0.05) is 13.6 Å². The fraction of sp³-hybridized carbons (Fsp3) is 0.333. The molecule has 0 unspecified atom stereocenters. The van der Waals surface area contributed by atoms with Crippen LogP contribution in [0, 0.1) is 6.92 Å². The second kappa shape index (κ2) is 8.35. The molecular weight excluding hydrogens is 402 g/mol. The van der Waals surface area contributed by atoms with Gasteiger partial charge in [-0.3, -0.25) is 18.6 Å². The van der Waals surface area contributed by atoms with Crippen LogP contribution >= 0.6 is 11.8 Å². The molecule has 0 atom stereocenters. The van der Waals surface area contributed by atoms with E-state index in [-0.39, 0.29) is 17.2 Å². The lowest BCUT2D eigenvalue weighted by Gasteiger charge is -2.15. The summed E-state index contributed by atoms with van der Waals surface area (Å²) in [4.78, 5) is 27.1. The molecule has 0 aliphatic rings. The van der Waals surface area contributed by atoms with E-state index in [1.165, 1.54) is 11.8 Å². The zero-order chi connectivity index (χ0) is 21.3. The maximum Gasteiger partial charge on any atom is 0.262 e. The molecule has 156 valence electrons. The standard InChI is InChI=1S/C21H23N5O3S/c1-4-11-25-19(28)16-7-5-6-8-17(16)26-20(25)22-23-21(26)30-13-18(27)24(3)12-15-10-9-14(2)29-15/h5-10H,4,11-13H2,1-3H3. The lowest BCUT2D eigenvalue weighted by molar-refractivity contribution is -0.127. The number of furan rings is 1. The molecule has 30 heavy (non-hydrogen) atoms. The third kappa shape index (κ3) is 3.72. The normalized spacial score (nSPS) is 11.4. The number of hydrogen-bond donors (Lipinski definition) is 0. The van der Waals surface area contributed by atoms with E-state index in [2.05, 4.69) is 10.2 Å². The van der Waals surface area contributed by atoms with Crippen molar-refractivity contribution in [3.05, 3.63) is 58.3 Å². The third-order valence-corrected chi connectivity index (χ3v) is 5.78. The van der Waals surface area contributed by atoms with Crippen LogP contribution in [-0.4, -0.2) is 42.8 Å². The van der Waals surface area contributed by atoms with Crippen LogP contribution in [0.25, 0.3) is 16.7 Å². The van der Waals surface area contributed by atoms with Crippen LogP contribution in [0.5, 0.6) is 0 Å². The Labute approximate surface area is 177 Å². The molecule has 0 saturated carbocycles. The summed E-state index contributed by atoms with van der Waals surface area (Å²) in [6.07, 6.45) is 0.804. The number of aryl methyl sites for hydroxylation is 2. The molecule has 4 rings (SSSR count). The number of rotatable bonds is 7. The van der Waals surface area contributed by atoms with E-state index in [0.29, 0.717) is 29.4 Å². The number of carbonyl (C=O) groups excluding carboxylic acids is 1. The number of aromatic nitrogens is 4. The molecule has 0 fully saturated rings. The summed E-state index contributed by atoms with van der Waals surface area (Å²) in [7, 11) is 1.75. The largest absolute Gasteiger partial charge is 0.464 e. The van der Waals surface area contributed by atoms with Crippen LogP contribution in [0.15, 0.2) is 50.8 Å². The number of thioether (sulfide) groups is 1. The van der Waals surface area contributed by atoms with E-state index >= 15 is 0 Å². The fourth-order valence-corrected chi connectivity index (χ4v) is 4.26. The molecule has 0 bridgehead atoms. The third-order valence-electron chi connectivity index (χ3n) is 4.86. The SMILES string of the molecule is CCCn1c(=O)c2ccccc2n2c(SCC(=O)N(C)Cc3ccc(C)o3)nnc12. The topological polar surface area (TPSA) is 85.6 Å². The maximum atomic E-state index is 12.9. The Morgan fingerprint density at radius 3 is 2.73 bits per heavy atom. The first-order valence-electron chi connectivity index (χ1n) is 9.78. The quantitative estimate of drug-likeness (QED) is 0.423. The zero-order valence-electron chi connectivity index (χ0n) is 17.2. The Morgan fingerprint density at radius 1 is 1.20 bits per heavy atom. The molecule has 0 radical (unpaired) electrons. The van der Waals surface area contributed by atoms with Gasteiger partial charge in [0.15, 0.2) is 5.16 Å². The first kappa shape index (κ1) is 20.2. The van der Waals surface area contributed by atoms with Gasteiger partial charge in [0.1, 0.15) is 11.5 Å². The zero-order valence-corrected chi connectivity index (χ0v) is 18.0. The highest BCUT2D eigenvalue weighted by Crippen LogP contribution is 2.22. The van der Waals surface area contributed by atoms with Gasteiger partial charge in [0.25, 0.3) is 5.56 Å². The first-order chi connectivity index (χ1) is 14.5. The van der Waals surface area contributed by atoms with Gasteiger partial charge >= 0.3 is 0 Å². The van der Waals surface area contributed by atoms with Crippen molar-refractivity contribution in [1.29, 1.82) is 0 Å². The lowest BCUT2D eigenvalue weighted by Crippen LogP contribution is -2.27. The van der Waals surface area contributed by atoms with Crippen molar-refractivity contribution in [2.75, 3.05) is 12.8 Å². The predicted octanol–water partition coefficient (Wildman–Crippen LogP) is 3.11. The minimum absolute atomic E-state index is 0.0445. The average molecular weight is 426 g/mol. The molecule has 9 heteroatoms. The number of hydrogen-bond acceptors (Lipinski definition) is 6. The monoisotopic (exact) mass is 425 g/mol. The molecule has 3 heterocycles. The summed E-state index contributed by atoms with van der Waals surface area (Å²) in [6.45, 7) is 4.85. The molecule has 0 saturated heterocycles. The number of para-hydroxylation sites is 1.